The van der Waals surface area contributed by atoms with Gasteiger partial charge in [-0.15, -0.1) is 0 Å². The number of methoxy groups -OCH3 is 2. The number of nitrogen functional groups attached to an aromatic ring is 1. The molecule has 0 bridgehead atoms. The molecule has 0 aliphatic heterocycles. The standard InChI is InChI=1S/C15H16ClNO3/c1-18-14-7-12(17)13(8-15(14)19-2)20-9-10-4-3-5-11(16)6-10/h3-8H,9,17H2,1-2H3. The maximum atomic E-state index is 5.93. The van der Waals surface area contributed by atoms with Gasteiger partial charge in [0.15, 0.2) is 11.5 Å². The maximum absolute atomic E-state index is 5.93. The Bertz CT molecular complexity index is 602. The van der Waals surface area contributed by atoms with Crippen molar-refractivity contribution in [3.8, 4) is 17.2 Å². The quantitative estimate of drug-likeness (QED) is 0.857. The van der Waals surface area contributed by atoms with Crippen LogP contribution in [0.25, 0.3) is 0 Å². The lowest BCUT2D eigenvalue weighted by Gasteiger charge is -2.13. The zero-order chi connectivity index (χ0) is 14.5. The Balaban J connectivity index is 2.17. The van der Waals surface area contributed by atoms with Gasteiger partial charge in [0.25, 0.3) is 0 Å². The topological polar surface area (TPSA) is 53.7 Å². The molecule has 20 heavy (non-hydrogen) atoms. The van der Waals surface area contributed by atoms with Gasteiger partial charge in [-0.1, -0.05) is 23.7 Å². The summed E-state index contributed by atoms with van der Waals surface area (Å²) in [5.41, 5.74) is 7.38. The molecular weight excluding hydrogens is 278 g/mol. The van der Waals surface area contributed by atoms with E-state index in [4.69, 9.17) is 31.5 Å². The first-order chi connectivity index (χ1) is 9.63. The summed E-state index contributed by atoms with van der Waals surface area (Å²) in [6.07, 6.45) is 0. The van der Waals surface area contributed by atoms with Crippen molar-refractivity contribution in [1.29, 1.82) is 0 Å². The average Bonchev–Trinajstić information content (AvgIpc) is 2.45. The second-order valence-corrected chi connectivity index (χ2v) is 4.60. The van der Waals surface area contributed by atoms with E-state index < -0.39 is 0 Å². The van der Waals surface area contributed by atoms with Gasteiger partial charge < -0.3 is 19.9 Å². The van der Waals surface area contributed by atoms with E-state index in [-0.39, 0.29) is 0 Å². The highest BCUT2D eigenvalue weighted by atomic mass is 35.5. The molecule has 0 aliphatic carbocycles. The van der Waals surface area contributed by atoms with Crippen LogP contribution in [0.3, 0.4) is 0 Å². The van der Waals surface area contributed by atoms with Crippen LogP contribution < -0.4 is 19.9 Å². The highest BCUT2D eigenvalue weighted by Crippen LogP contribution is 2.36. The summed E-state index contributed by atoms with van der Waals surface area (Å²) in [5, 5.41) is 0.673. The van der Waals surface area contributed by atoms with Crippen LogP contribution in [0.1, 0.15) is 5.56 Å². The minimum Gasteiger partial charge on any atom is -0.493 e. The minimum atomic E-state index is 0.375. The average molecular weight is 294 g/mol. The number of hydrogen-bond acceptors (Lipinski definition) is 4. The zero-order valence-electron chi connectivity index (χ0n) is 11.4. The number of anilines is 1. The molecule has 106 valence electrons. The van der Waals surface area contributed by atoms with E-state index in [1.807, 2.05) is 24.3 Å². The van der Waals surface area contributed by atoms with Crippen LogP contribution in [0.5, 0.6) is 17.2 Å². The van der Waals surface area contributed by atoms with E-state index >= 15 is 0 Å². The van der Waals surface area contributed by atoms with Crippen molar-refractivity contribution in [3.63, 3.8) is 0 Å². The lowest BCUT2D eigenvalue weighted by molar-refractivity contribution is 0.302. The maximum Gasteiger partial charge on any atom is 0.164 e. The van der Waals surface area contributed by atoms with E-state index in [9.17, 15) is 0 Å². The first kappa shape index (κ1) is 14.3. The first-order valence-electron chi connectivity index (χ1n) is 6.02. The van der Waals surface area contributed by atoms with E-state index in [0.717, 1.165) is 5.56 Å². The molecular formula is C15H16ClNO3. The molecule has 0 fully saturated rings. The Morgan fingerprint density at radius 3 is 2.35 bits per heavy atom. The predicted octanol–water partition coefficient (Wildman–Crippen LogP) is 3.52. The first-order valence-corrected chi connectivity index (χ1v) is 6.40. The third-order valence-electron chi connectivity index (χ3n) is 2.80. The van der Waals surface area contributed by atoms with Crippen LogP contribution in [-0.4, -0.2) is 14.2 Å². The summed E-state index contributed by atoms with van der Waals surface area (Å²) in [4.78, 5) is 0. The SMILES string of the molecule is COc1cc(N)c(OCc2cccc(Cl)c2)cc1OC. The van der Waals surface area contributed by atoms with Gasteiger partial charge in [0.2, 0.25) is 0 Å². The van der Waals surface area contributed by atoms with Crippen molar-refractivity contribution in [2.45, 2.75) is 6.61 Å². The summed E-state index contributed by atoms with van der Waals surface area (Å²) in [7, 11) is 3.12. The predicted molar refractivity (Wildman–Crippen MR) is 79.7 cm³/mol. The third kappa shape index (κ3) is 3.27. The highest BCUT2D eigenvalue weighted by molar-refractivity contribution is 6.30. The molecule has 2 N–H and O–H groups in total. The Morgan fingerprint density at radius 2 is 1.70 bits per heavy atom. The van der Waals surface area contributed by atoms with Crippen LogP contribution >= 0.6 is 11.6 Å². The summed E-state index contributed by atoms with van der Waals surface area (Å²) in [6.45, 7) is 0.375. The lowest BCUT2D eigenvalue weighted by Crippen LogP contribution is -2.00. The summed E-state index contributed by atoms with van der Waals surface area (Å²) >= 11 is 5.93. The van der Waals surface area contributed by atoms with E-state index in [2.05, 4.69) is 0 Å². The number of nitrogens with two attached hydrogens (primary N) is 1. The van der Waals surface area contributed by atoms with Crippen molar-refractivity contribution >= 4 is 17.3 Å². The third-order valence-corrected chi connectivity index (χ3v) is 3.03. The molecule has 2 rings (SSSR count). The molecule has 4 nitrogen and oxygen atoms in total. The fourth-order valence-corrected chi connectivity index (χ4v) is 2.00. The van der Waals surface area contributed by atoms with Gasteiger partial charge in [-0.2, -0.15) is 0 Å². The Hall–Kier alpha value is -2.07. The van der Waals surface area contributed by atoms with Gasteiger partial charge in [-0.25, -0.2) is 0 Å². The lowest BCUT2D eigenvalue weighted by atomic mass is 10.2. The summed E-state index contributed by atoms with van der Waals surface area (Å²) < 4.78 is 16.1. The second kappa shape index (κ2) is 6.39. The molecule has 0 aromatic heterocycles. The largest absolute Gasteiger partial charge is 0.493 e. The van der Waals surface area contributed by atoms with Gasteiger partial charge in [-0.3, -0.25) is 0 Å². The Kier molecular flexibility index (Phi) is 4.58. The Labute approximate surface area is 123 Å². The Morgan fingerprint density at radius 1 is 1.00 bits per heavy atom. The molecule has 2 aromatic rings. The monoisotopic (exact) mass is 293 g/mol. The number of benzene rings is 2. The van der Waals surface area contributed by atoms with Gasteiger partial charge in [0, 0.05) is 17.2 Å². The van der Waals surface area contributed by atoms with Crippen molar-refractivity contribution in [2.75, 3.05) is 20.0 Å². The van der Waals surface area contributed by atoms with Crippen LogP contribution in [0.15, 0.2) is 36.4 Å². The second-order valence-electron chi connectivity index (χ2n) is 4.16. The number of halogens is 1. The minimum absolute atomic E-state index is 0.375. The van der Waals surface area contributed by atoms with Gasteiger partial charge in [-0.05, 0) is 17.7 Å². The van der Waals surface area contributed by atoms with Crippen LogP contribution in [0, 0.1) is 0 Å². The van der Waals surface area contributed by atoms with E-state index in [1.165, 1.54) is 0 Å². The van der Waals surface area contributed by atoms with Crippen molar-refractivity contribution in [3.05, 3.63) is 47.0 Å². The molecule has 2 aromatic carbocycles. The fourth-order valence-electron chi connectivity index (χ4n) is 1.79. The summed E-state index contributed by atoms with van der Waals surface area (Å²) in [6, 6.07) is 10.8. The van der Waals surface area contributed by atoms with Crippen molar-refractivity contribution in [2.24, 2.45) is 0 Å². The van der Waals surface area contributed by atoms with Crippen LogP contribution in [0.2, 0.25) is 5.02 Å². The van der Waals surface area contributed by atoms with Gasteiger partial charge >= 0.3 is 0 Å². The van der Waals surface area contributed by atoms with Crippen LogP contribution in [-0.2, 0) is 6.61 Å². The van der Waals surface area contributed by atoms with Gasteiger partial charge in [0.05, 0.1) is 19.9 Å². The number of hydrogen-bond donors (Lipinski definition) is 1. The summed E-state index contributed by atoms with van der Waals surface area (Å²) in [5.74, 6) is 1.69. The molecule has 0 spiro atoms. The molecule has 0 heterocycles. The molecule has 0 amide bonds. The molecule has 0 saturated heterocycles. The van der Waals surface area contributed by atoms with Crippen LogP contribution in [0.4, 0.5) is 5.69 Å². The number of ether oxygens (including phenoxy) is 3. The molecule has 0 aliphatic rings. The van der Waals surface area contributed by atoms with Crippen molar-refractivity contribution < 1.29 is 14.2 Å². The smallest absolute Gasteiger partial charge is 0.164 e. The van der Waals surface area contributed by atoms with Gasteiger partial charge in [0.1, 0.15) is 12.4 Å². The van der Waals surface area contributed by atoms with E-state index in [1.54, 1.807) is 26.4 Å². The highest BCUT2D eigenvalue weighted by Gasteiger charge is 2.10. The molecule has 0 radical (unpaired) electrons. The fraction of sp³-hybridized carbons (Fsp3) is 0.200. The molecule has 0 saturated carbocycles. The molecule has 5 heteroatoms. The zero-order valence-corrected chi connectivity index (χ0v) is 12.1. The normalized spacial score (nSPS) is 10.2. The van der Waals surface area contributed by atoms with E-state index in [0.29, 0.717) is 34.6 Å². The molecule has 0 atom stereocenters. The number of rotatable bonds is 5. The van der Waals surface area contributed by atoms with Crippen molar-refractivity contribution in [1.82, 2.24) is 0 Å². The molecule has 0 unspecified atom stereocenters.